The first-order valence-corrected chi connectivity index (χ1v) is 5.85. The Bertz CT molecular complexity index is 501. The Morgan fingerprint density at radius 2 is 2.38 bits per heavy atom. The number of nitrogens with two attached hydrogens (primary N) is 1. The predicted octanol–water partition coefficient (Wildman–Crippen LogP) is 2.56. The van der Waals surface area contributed by atoms with Gasteiger partial charge in [-0.15, -0.1) is 11.3 Å². The van der Waals surface area contributed by atoms with Crippen LogP contribution in [0.4, 0.5) is 10.7 Å². The van der Waals surface area contributed by atoms with Crippen molar-refractivity contribution in [1.82, 2.24) is 0 Å². The van der Waals surface area contributed by atoms with Gasteiger partial charge in [-0.05, 0) is 36.6 Å². The molecule has 0 saturated heterocycles. The van der Waals surface area contributed by atoms with Crippen LogP contribution in [0.5, 0.6) is 0 Å². The van der Waals surface area contributed by atoms with Gasteiger partial charge in [0, 0.05) is 0 Å². The summed E-state index contributed by atoms with van der Waals surface area (Å²) in [6.07, 6.45) is 2.25. The first-order valence-electron chi connectivity index (χ1n) is 5.03. The molecule has 5 heteroatoms. The minimum absolute atomic E-state index is 0.351. The van der Waals surface area contributed by atoms with Crippen LogP contribution in [0.2, 0.25) is 0 Å². The summed E-state index contributed by atoms with van der Waals surface area (Å²) < 4.78 is 0. The number of anilines is 1. The summed E-state index contributed by atoms with van der Waals surface area (Å²) in [4.78, 5) is 15.7. The highest BCUT2D eigenvalue weighted by molar-refractivity contribution is 7.16. The summed E-state index contributed by atoms with van der Waals surface area (Å²) in [5.74, 6) is -0.865. The third kappa shape index (κ3) is 1.30. The molecule has 0 unspecified atom stereocenters. The number of thiophene rings is 1. The number of hydrogen-bond acceptors (Lipinski definition) is 3. The zero-order valence-corrected chi connectivity index (χ0v) is 9.73. The second kappa shape index (κ2) is 3.49. The molecule has 0 aromatic carbocycles. The van der Waals surface area contributed by atoms with E-state index in [1.807, 2.05) is 0 Å². The van der Waals surface area contributed by atoms with E-state index < -0.39 is 11.4 Å². The standard InChI is InChI=1S/C11H12N2O2S/c1-11(10(14)15)5-3-4-6-7(11)8(13-2)9(12)16-6/h3-5,12H2,1H3,(H,14,15)/t11-/m0/s1. The van der Waals surface area contributed by atoms with E-state index in [4.69, 9.17) is 12.3 Å². The third-order valence-corrected chi connectivity index (χ3v) is 4.27. The van der Waals surface area contributed by atoms with Crippen LogP contribution in [0.3, 0.4) is 0 Å². The van der Waals surface area contributed by atoms with E-state index in [9.17, 15) is 9.90 Å². The lowest BCUT2D eigenvalue weighted by atomic mass is 9.73. The smallest absolute Gasteiger partial charge is 0.312 e. The van der Waals surface area contributed by atoms with Gasteiger partial charge in [0.2, 0.25) is 5.69 Å². The molecule has 1 aliphatic rings. The second-order valence-electron chi connectivity index (χ2n) is 4.22. The molecule has 0 amide bonds. The monoisotopic (exact) mass is 236 g/mol. The molecule has 0 aliphatic heterocycles. The SMILES string of the molecule is [C-]#[N+]c1c(N)sc2c1[C@@](C)(C(=O)O)CCC2. The number of carbonyl (C=O) groups is 1. The molecular formula is C11H12N2O2S. The van der Waals surface area contributed by atoms with Crippen LogP contribution in [0.1, 0.15) is 30.2 Å². The Labute approximate surface area is 97.5 Å². The van der Waals surface area contributed by atoms with Crippen molar-refractivity contribution in [3.63, 3.8) is 0 Å². The number of carboxylic acids is 1. The number of fused-ring (bicyclic) bond motifs is 1. The highest BCUT2D eigenvalue weighted by Gasteiger charge is 2.42. The fourth-order valence-electron chi connectivity index (χ4n) is 2.28. The Kier molecular flexibility index (Phi) is 2.39. The lowest BCUT2D eigenvalue weighted by Crippen LogP contribution is -2.35. The van der Waals surface area contributed by atoms with Crippen molar-refractivity contribution in [3.05, 3.63) is 21.9 Å². The number of carboxylic acid groups (broad SMARTS) is 1. The molecule has 1 aliphatic carbocycles. The summed E-state index contributed by atoms with van der Waals surface area (Å²) >= 11 is 1.36. The van der Waals surface area contributed by atoms with Gasteiger partial charge in [0.05, 0.1) is 17.0 Å². The number of rotatable bonds is 1. The average molecular weight is 236 g/mol. The zero-order valence-electron chi connectivity index (χ0n) is 8.91. The molecule has 0 spiro atoms. The van der Waals surface area contributed by atoms with E-state index in [2.05, 4.69) is 4.85 Å². The van der Waals surface area contributed by atoms with Crippen LogP contribution < -0.4 is 5.73 Å². The van der Waals surface area contributed by atoms with Crippen LogP contribution in [0, 0.1) is 6.57 Å². The fourth-order valence-corrected chi connectivity index (χ4v) is 3.47. The molecule has 0 radical (unpaired) electrons. The predicted molar refractivity (Wildman–Crippen MR) is 62.9 cm³/mol. The van der Waals surface area contributed by atoms with Crippen LogP contribution in [-0.4, -0.2) is 11.1 Å². The molecule has 0 saturated carbocycles. The quantitative estimate of drug-likeness (QED) is 0.736. The van der Waals surface area contributed by atoms with E-state index >= 15 is 0 Å². The van der Waals surface area contributed by atoms with Crippen molar-refractivity contribution in [3.8, 4) is 0 Å². The molecule has 3 N–H and O–H groups in total. The molecular weight excluding hydrogens is 224 g/mol. The summed E-state index contributed by atoms with van der Waals surface area (Å²) in [6.45, 7) is 8.81. The van der Waals surface area contributed by atoms with Gasteiger partial charge in [-0.3, -0.25) is 4.79 Å². The van der Waals surface area contributed by atoms with Crippen LogP contribution in [0.15, 0.2) is 0 Å². The van der Waals surface area contributed by atoms with Crippen LogP contribution >= 0.6 is 11.3 Å². The van der Waals surface area contributed by atoms with Crippen LogP contribution in [0.25, 0.3) is 4.85 Å². The lowest BCUT2D eigenvalue weighted by Gasteiger charge is -2.30. The largest absolute Gasteiger partial charge is 0.481 e. The molecule has 0 fully saturated rings. The van der Waals surface area contributed by atoms with Crippen molar-refractivity contribution in [2.24, 2.45) is 0 Å². The van der Waals surface area contributed by atoms with E-state index in [0.717, 1.165) is 17.7 Å². The van der Waals surface area contributed by atoms with E-state index in [-0.39, 0.29) is 0 Å². The maximum Gasteiger partial charge on any atom is 0.312 e. The highest BCUT2D eigenvalue weighted by atomic mass is 32.1. The van der Waals surface area contributed by atoms with Crippen LogP contribution in [-0.2, 0) is 16.6 Å². The Morgan fingerprint density at radius 1 is 1.69 bits per heavy atom. The molecule has 1 atom stereocenters. The molecule has 1 aromatic rings. The van der Waals surface area contributed by atoms with Crippen molar-refractivity contribution in [1.29, 1.82) is 0 Å². The average Bonchev–Trinajstić information content (AvgIpc) is 2.55. The summed E-state index contributed by atoms with van der Waals surface area (Å²) in [5.41, 5.74) is 5.83. The van der Waals surface area contributed by atoms with Gasteiger partial charge in [-0.1, -0.05) is 0 Å². The molecule has 84 valence electrons. The first-order chi connectivity index (χ1) is 7.50. The fraction of sp³-hybridized carbons (Fsp3) is 0.455. The van der Waals surface area contributed by atoms with E-state index in [1.165, 1.54) is 11.3 Å². The van der Waals surface area contributed by atoms with E-state index in [1.54, 1.807) is 6.92 Å². The topological polar surface area (TPSA) is 67.7 Å². The zero-order chi connectivity index (χ0) is 11.9. The Balaban J connectivity index is 2.71. The lowest BCUT2D eigenvalue weighted by molar-refractivity contribution is -0.143. The molecule has 1 aromatic heterocycles. The maximum absolute atomic E-state index is 11.4. The minimum atomic E-state index is -0.943. The molecule has 16 heavy (non-hydrogen) atoms. The van der Waals surface area contributed by atoms with Crippen molar-refractivity contribution in [2.45, 2.75) is 31.6 Å². The maximum atomic E-state index is 11.4. The van der Waals surface area contributed by atoms with Gasteiger partial charge in [0.25, 0.3) is 0 Å². The van der Waals surface area contributed by atoms with Gasteiger partial charge in [-0.2, -0.15) is 0 Å². The number of nitrogens with zero attached hydrogens (tertiary/aromatic N) is 1. The highest BCUT2D eigenvalue weighted by Crippen LogP contribution is 2.50. The first kappa shape index (κ1) is 11.0. The van der Waals surface area contributed by atoms with Crippen molar-refractivity contribution in [2.75, 3.05) is 5.73 Å². The summed E-state index contributed by atoms with van der Waals surface area (Å²) in [7, 11) is 0. The van der Waals surface area contributed by atoms with Gasteiger partial charge < -0.3 is 10.8 Å². The number of hydrogen-bond donors (Lipinski definition) is 2. The van der Waals surface area contributed by atoms with Gasteiger partial charge in [0.1, 0.15) is 0 Å². The molecule has 4 nitrogen and oxygen atoms in total. The molecule has 2 rings (SSSR count). The Hall–Kier alpha value is -1.54. The van der Waals surface area contributed by atoms with Crippen molar-refractivity contribution >= 4 is 28.0 Å². The van der Waals surface area contributed by atoms with Gasteiger partial charge in [-0.25, -0.2) is 4.85 Å². The number of aliphatic carboxylic acids is 1. The number of nitrogen functional groups attached to an aromatic ring is 1. The normalized spacial score (nSPS) is 23.5. The van der Waals surface area contributed by atoms with Gasteiger partial charge >= 0.3 is 5.97 Å². The molecule has 1 heterocycles. The molecule has 0 bridgehead atoms. The van der Waals surface area contributed by atoms with Crippen molar-refractivity contribution < 1.29 is 9.90 Å². The second-order valence-corrected chi connectivity index (χ2v) is 5.35. The van der Waals surface area contributed by atoms with E-state index in [0.29, 0.717) is 22.7 Å². The summed E-state index contributed by atoms with van der Waals surface area (Å²) in [5, 5.41) is 9.79. The third-order valence-electron chi connectivity index (χ3n) is 3.20. The summed E-state index contributed by atoms with van der Waals surface area (Å²) in [6, 6.07) is 0. The minimum Gasteiger partial charge on any atom is -0.481 e. The Morgan fingerprint density at radius 3 is 2.94 bits per heavy atom. The van der Waals surface area contributed by atoms with Gasteiger partial charge in [0.15, 0.2) is 0 Å². The number of aryl methyl sites for hydroxylation is 1.